The highest BCUT2D eigenvalue weighted by atomic mass is 32.2. The predicted octanol–water partition coefficient (Wildman–Crippen LogP) is 3.23. The van der Waals surface area contributed by atoms with Crippen LogP contribution in [0.2, 0.25) is 0 Å². The number of nitrogens with zero attached hydrogens (tertiary/aromatic N) is 2. The monoisotopic (exact) mass is 459 g/mol. The largest absolute Gasteiger partial charge is 0.354 e. The van der Waals surface area contributed by atoms with Crippen molar-refractivity contribution in [1.29, 1.82) is 0 Å². The van der Waals surface area contributed by atoms with Crippen molar-refractivity contribution in [2.24, 2.45) is 0 Å². The molecule has 1 N–H and O–H groups in total. The minimum atomic E-state index is -3.70. The van der Waals surface area contributed by atoms with Crippen molar-refractivity contribution in [3.05, 3.63) is 71.7 Å². The van der Waals surface area contributed by atoms with Gasteiger partial charge in [-0.2, -0.15) is 4.31 Å². The van der Waals surface area contributed by atoms with Gasteiger partial charge in [0.2, 0.25) is 15.9 Å². The van der Waals surface area contributed by atoms with E-state index < -0.39 is 16.1 Å². The van der Waals surface area contributed by atoms with Crippen molar-refractivity contribution in [3.63, 3.8) is 0 Å². The van der Waals surface area contributed by atoms with E-state index in [9.17, 15) is 13.2 Å². The van der Waals surface area contributed by atoms with Crippen LogP contribution in [0.15, 0.2) is 70.9 Å². The number of thiazole rings is 1. The van der Waals surface area contributed by atoms with Gasteiger partial charge in [-0.15, -0.1) is 23.1 Å². The van der Waals surface area contributed by atoms with E-state index in [0.29, 0.717) is 18.7 Å². The Bertz CT molecular complexity index is 1100. The molecule has 1 amide bonds. The molecule has 4 rings (SSSR count). The number of benzene rings is 2. The summed E-state index contributed by atoms with van der Waals surface area (Å²) in [4.78, 5) is 17.5. The van der Waals surface area contributed by atoms with Gasteiger partial charge in [-0.25, -0.2) is 13.4 Å². The molecule has 9 heteroatoms. The van der Waals surface area contributed by atoms with E-state index in [-0.39, 0.29) is 16.7 Å². The van der Waals surface area contributed by atoms with Crippen molar-refractivity contribution in [2.75, 3.05) is 18.2 Å². The average molecular weight is 460 g/mol. The van der Waals surface area contributed by atoms with E-state index in [1.807, 2.05) is 35.7 Å². The third kappa shape index (κ3) is 4.59. The number of rotatable bonds is 7. The molecule has 1 aromatic heterocycles. The molecule has 3 aromatic rings. The lowest BCUT2D eigenvalue weighted by molar-refractivity contribution is -0.123. The number of carbonyl (C=O) groups excluding carboxylic acids is 1. The van der Waals surface area contributed by atoms with Gasteiger partial charge in [-0.3, -0.25) is 4.79 Å². The molecule has 1 fully saturated rings. The van der Waals surface area contributed by atoms with Gasteiger partial charge in [0.1, 0.15) is 11.0 Å². The Morgan fingerprint density at radius 1 is 1.10 bits per heavy atom. The molecule has 2 heterocycles. The second-order valence-electron chi connectivity index (χ2n) is 6.77. The van der Waals surface area contributed by atoms with Crippen LogP contribution >= 0.6 is 23.1 Å². The molecule has 1 saturated heterocycles. The zero-order chi connectivity index (χ0) is 21.0. The zero-order valence-electron chi connectivity index (χ0n) is 16.1. The molecule has 1 atom stereocenters. The van der Waals surface area contributed by atoms with Crippen LogP contribution in [0.4, 0.5) is 0 Å². The lowest BCUT2D eigenvalue weighted by atomic mass is 10.2. The molecule has 1 aliphatic rings. The van der Waals surface area contributed by atoms with Crippen molar-refractivity contribution in [1.82, 2.24) is 14.6 Å². The molecule has 1 aliphatic heterocycles. The SMILES string of the molecule is O=C(NCCc1csc(-c2ccccc2)n1)[C@H]1CSCN1S(=O)(=O)c1ccccc1. The zero-order valence-corrected chi connectivity index (χ0v) is 18.6. The van der Waals surface area contributed by atoms with E-state index in [4.69, 9.17) is 0 Å². The standard InChI is InChI=1S/C21H21N3O3S3/c25-20(19-14-28-15-24(19)30(26,27)18-9-5-2-6-10-18)22-12-11-17-13-29-21(23-17)16-7-3-1-4-8-16/h1-10,13,19H,11-12,14-15H2,(H,22,25)/t19-/m1/s1. The molecule has 0 saturated carbocycles. The third-order valence-corrected chi connectivity index (χ3v) is 8.73. The number of nitrogens with one attached hydrogen (secondary N) is 1. The summed E-state index contributed by atoms with van der Waals surface area (Å²) >= 11 is 3.02. The summed E-state index contributed by atoms with van der Waals surface area (Å²) in [6, 6.07) is 17.5. The van der Waals surface area contributed by atoms with Crippen LogP contribution in [-0.2, 0) is 21.2 Å². The first-order valence-electron chi connectivity index (χ1n) is 9.48. The van der Waals surface area contributed by atoms with Crippen molar-refractivity contribution in [2.45, 2.75) is 17.4 Å². The van der Waals surface area contributed by atoms with E-state index in [1.54, 1.807) is 41.7 Å². The molecule has 0 spiro atoms. The van der Waals surface area contributed by atoms with Crippen molar-refractivity contribution < 1.29 is 13.2 Å². The first-order valence-corrected chi connectivity index (χ1v) is 13.0. The van der Waals surface area contributed by atoms with E-state index >= 15 is 0 Å². The fourth-order valence-corrected chi connectivity index (χ4v) is 7.20. The molecule has 156 valence electrons. The van der Waals surface area contributed by atoms with Gasteiger partial charge in [0.25, 0.3) is 0 Å². The van der Waals surface area contributed by atoms with Gasteiger partial charge in [0.15, 0.2) is 0 Å². The number of thioether (sulfide) groups is 1. The molecule has 0 aliphatic carbocycles. The van der Waals surface area contributed by atoms with Gasteiger partial charge in [0, 0.05) is 29.7 Å². The van der Waals surface area contributed by atoms with Gasteiger partial charge >= 0.3 is 0 Å². The van der Waals surface area contributed by atoms with Crippen molar-refractivity contribution >= 4 is 39.0 Å². The second-order valence-corrected chi connectivity index (χ2v) is 10.5. The summed E-state index contributed by atoms with van der Waals surface area (Å²) in [5, 5.41) is 5.82. The van der Waals surface area contributed by atoms with Crippen LogP contribution in [0.3, 0.4) is 0 Å². The van der Waals surface area contributed by atoms with E-state index in [0.717, 1.165) is 16.3 Å². The summed E-state index contributed by atoms with van der Waals surface area (Å²) in [7, 11) is -3.70. The highest BCUT2D eigenvalue weighted by Crippen LogP contribution is 2.28. The summed E-state index contributed by atoms with van der Waals surface area (Å²) in [5.74, 6) is 0.465. The number of carbonyl (C=O) groups is 1. The quantitative estimate of drug-likeness (QED) is 0.587. The number of sulfonamides is 1. The number of aromatic nitrogens is 1. The number of hydrogen-bond acceptors (Lipinski definition) is 6. The molecule has 0 bridgehead atoms. The Morgan fingerprint density at radius 3 is 2.53 bits per heavy atom. The van der Waals surface area contributed by atoms with Gasteiger partial charge in [-0.1, -0.05) is 48.5 Å². The Kier molecular flexibility index (Phi) is 6.52. The fourth-order valence-electron chi connectivity index (χ4n) is 3.17. The maximum atomic E-state index is 12.9. The topological polar surface area (TPSA) is 79.4 Å². The molecule has 6 nitrogen and oxygen atoms in total. The smallest absolute Gasteiger partial charge is 0.244 e. The normalized spacial score (nSPS) is 17.1. The van der Waals surface area contributed by atoms with Gasteiger partial charge in [0.05, 0.1) is 16.5 Å². The van der Waals surface area contributed by atoms with Crippen LogP contribution in [0.5, 0.6) is 0 Å². The Balaban J connectivity index is 1.35. The summed E-state index contributed by atoms with van der Waals surface area (Å²) in [6.45, 7) is 0.414. The van der Waals surface area contributed by atoms with Crippen LogP contribution in [0.25, 0.3) is 10.6 Å². The number of hydrogen-bond donors (Lipinski definition) is 1. The predicted molar refractivity (Wildman–Crippen MR) is 121 cm³/mol. The highest BCUT2D eigenvalue weighted by molar-refractivity contribution is 8.00. The summed E-state index contributed by atoms with van der Waals surface area (Å²) < 4.78 is 27.1. The molecule has 2 aromatic carbocycles. The second kappa shape index (κ2) is 9.30. The Morgan fingerprint density at radius 2 is 1.80 bits per heavy atom. The highest BCUT2D eigenvalue weighted by Gasteiger charge is 2.39. The van der Waals surface area contributed by atoms with Gasteiger partial charge < -0.3 is 5.32 Å². The van der Waals surface area contributed by atoms with Crippen LogP contribution in [0.1, 0.15) is 5.69 Å². The Labute approximate surface area is 184 Å². The molecular weight excluding hydrogens is 438 g/mol. The lowest BCUT2D eigenvalue weighted by Gasteiger charge is -2.22. The average Bonchev–Trinajstić information content (AvgIpc) is 3.45. The first-order chi connectivity index (χ1) is 14.6. The molecule has 0 radical (unpaired) electrons. The van der Waals surface area contributed by atoms with Crippen LogP contribution in [-0.4, -0.2) is 47.8 Å². The van der Waals surface area contributed by atoms with E-state index in [2.05, 4.69) is 10.3 Å². The maximum absolute atomic E-state index is 12.9. The fraction of sp³-hybridized carbons (Fsp3) is 0.238. The molecular formula is C21H21N3O3S3. The van der Waals surface area contributed by atoms with E-state index in [1.165, 1.54) is 16.1 Å². The van der Waals surface area contributed by atoms with Gasteiger partial charge in [-0.05, 0) is 12.1 Å². The first kappa shape index (κ1) is 21.0. The lowest BCUT2D eigenvalue weighted by Crippen LogP contribution is -2.47. The van der Waals surface area contributed by atoms with Crippen LogP contribution in [0, 0.1) is 0 Å². The Hall–Kier alpha value is -2.20. The molecule has 0 unspecified atom stereocenters. The maximum Gasteiger partial charge on any atom is 0.244 e. The van der Waals surface area contributed by atoms with Crippen LogP contribution < -0.4 is 5.32 Å². The summed E-state index contributed by atoms with van der Waals surface area (Å²) in [5.41, 5.74) is 1.98. The minimum absolute atomic E-state index is 0.209. The molecule has 30 heavy (non-hydrogen) atoms. The third-order valence-electron chi connectivity index (χ3n) is 4.75. The number of amides is 1. The minimum Gasteiger partial charge on any atom is -0.354 e. The summed E-state index contributed by atoms with van der Waals surface area (Å²) in [6.07, 6.45) is 0.598. The van der Waals surface area contributed by atoms with Crippen molar-refractivity contribution in [3.8, 4) is 10.6 Å².